The Morgan fingerprint density at radius 3 is 2.30 bits per heavy atom. The summed E-state index contributed by atoms with van der Waals surface area (Å²) in [7, 11) is 0. The van der Waals surface area contributed by atoms with Crippen molar-refractivity contribution in [3.8, 4) is 5.75 Å². The summed E-state index contributed by atoms with van der Waals surface area (Å²) < 4.78 is 68.3. The summed E-state index contributed by atoms with van der Waals surface area (Å²) in [5, 5.41) is 2.47. The predicted octanol–water partition coefficient (Wildman–Crippen LogP) is 3.92. The molecule has 1 fully saturated rings. The fraction of sp³-hybridized carbons (Fsp3) is 0.381. The first-order valence-corrected chi connectivity index (χ1v) is 9.69. The van der Waals surface area contributed by atoms with Crippen LogP contribution >= 0.6 is 0 Å². The van der Waals surface area contributed by atoms with Gasteiger partial charge in [-0.15, -0.1) is 0 Å². The topological polar surface area (TPSA) is 80.6 Å². The number of carbonyl (C=O) groups excluding carboxylic acids is 3. The number of ether oxygens (including phenoxy) is 1. The fourth-order valence-corrected chi connectivity index (χ4v) is 3.74. The number of ketones is 1. The van der Waals surface area contributed by atoms with Gasteiger partial charge < -0.3 is 14.6 Å². The van der Waals surface area contributed by atoms with Crippen LogP contribution in [0.2, 0.25) is 0 Å². The monoisotopic (exact) mass is 473 g/mol. The lowest BCUT2D eigenvalue weighted by Crippen LogP contribution is -2.41. The smallest absolute Gasteiger partial charge is 0.406 e. The Kier molecular flexibility index (Phi) is 6.22. The standard InChI is InChI=1S/C21H20F5N3O4/c1-11-8-15(12(2)29(11)10-21(24,25)26)16(30)9-28-17(31)20(3,27-19(28)32)13-4-6-14(7-5-13)33-18(22)23/h4-8,18H,9-10H2,1-3H3,(H,27,32). The van der Waals surface area contributed by atoms with Crippen molar-refractivity contribution in [3.05, 3.63) is 52.8 Å². The molecule has 33 heavy (non-hydrogen) atoms. The van der Waals surface area contributed by atoms with Gasteiger partial charge in [0.15, 0.2) is 5.78 Å². The average Bonchev–Trinajstić information content (AvgIpc) is 3.09. The number of aryl methyl sites for hydroxylation is 1. The van der Waals surface area contributed by atoms with Crippen LogP contribution in [0.5, 0.6) is 5.75 Å². The van der Waals surface area contributed by atoms with Gasteiger partial charge in [0.05, 0.1) is 6.54 Å². The van der Waals surface area contributed by atoms with Gasteiger partial charge in [0.25, 0.3) is 5.91 Å². The third kappa shape index (κ3) is 4.83. The Labute approximate surface area is 185 Å². The SMILES string of the molecule is Cc1cc(C(=O)CN2C(=O)NC(C)(c3ccc(OC(F)F)cc3)C2=O)c(C)n1CC(F)(F)F. The Morgan fingerprint density at radius 2 is 1.76 bits per heavy atom. The Balaban J connectivity index is 1.80. The summed E-state index contributed by atoms with van der Waals surface area (Å²) in [6, 6.07) is 5.47. The van der Waals surface area contributed by atoms with Crippen molar-refractivity contribution in [3.63, 3.8) is 0 Å². The van der Waals surface area contributed by atoms with E-state index in [2.05, 4.69) is 10.1 Å². The van der Waals surface area contributed by atoms with Gasteiger partial charge in [-0.2, -0.15) is 22.0 Å². The molecule has 1 aromatic heterocycles. The zero-order valence-electron chi connectivity index (χ0n) is 17.8. The number of nitrogens with one attached hydrogen (secondary N) is 1. The van der Waals surface area contributed by atoms with Crippen LogP contribution in [0.15, 0.2) is 30.3 Å². The first kappa shape index (κ1) is 24.2. The van der Waals surface area contributed by atoms with E-state index in [-0.39, 0.29) is 28.3 Å². The van der Waals surface area contributed by atoms with E-state index in [1.807, 2.05) is 0 Å². The molecule has 0 radical (unpaired) electrons. The first-order valence-electron chi connectivity index (χ1n) is 9.69. The van der Waals surface area contributed by atoms with E-state index in [1.165, 1.54) is 51.1 Å². The summed E-state index contributed by atoms with van der Waals surface area (Å²) in [5.41, 5.74) is -1.06. The van der Waals surface area contributed by atoms with Crippen LogP contribution in [-0.2, 0) is 16.9 Å². The minimum absolute atomic E-state index is 0.0283. The molecule has 1 aromatic carbocycles. The number of amides is 3. The van der Waals surface area contributed by atoms with Gasteiger partial charge in [0.1, 0.15) is 17.8 Å². The van der Waals surface area contributed by atoms with E-state index in [9.17, 15) is 36.3 Å². The molecule has 1 unspecified atom stereocenters. The van der Waals surface area contributed by atoms with Crippen molar-refractivity contribution in [2.45, 2.75) is 45.6 Å². The molecule has 3 rings (SSSR count). The molecule has 1 N–H and O–H groups in total. The zero-order chi connectivity index (χ0) is 24.7. The van der Waals surface area contributed by atoms with Gasteiger partial charge in [-0.25, -0.2) is 4.79 Å². The highest BCUT2D eigenvalue weighted by molar-refractivity contribution is 6.11. The molecule has 7 nitrogen and oxygen atoms in total. The highest BCUT2D eigenvalue weighted by Crippen LogP contribution is 2.31. The number of alkyl halides is 5. The first-order chi connectivity index (χ1) is 15.2. The number of Topliss-reactive ketones (excluding diaryl/α,β-unsaturated/α-hetero) is 1. The second-order valence-corrected chi connectivity index (χ2v) is 7.76. The number of aromatic nitrogens is 1. The molecule has 178 valence electrons. The molecule has 2 aromatic rings. The molecule has 1 atom stereocenters. The number of carbonyl (C=O) groups is 3. The van der Waals surface area contributed by atoms with Crippen LogP contribution in [0.4, 0.5) is 26.7 Å². The summed E-state index contributed by atoms with van der Waals surface area (Å²) in [6.45, 7) is -0.824. The van der Waals surface area contributed by atoms with Crippen LogP contribution in [0, 0.1) is 13.8 Å². The molecular weight excluding hydrogens is 453 g/mol. The second kappa shape index (κ2) is 8.49. The normalized spacial score (nSPS) is 18.8. The van der Waals surface area contributed by atoms with Crippen LogP contribution in [0.3, 0.4) is 0 Å². The molecule has 0 bridgehead atoms. The highest BCUT2D eigenvalue weighted by atomic mass is 19.4. The van der Waals surface area contributed by atoms with Crippen LogP contribution in [0.1, 0.15) is 34.2 Å². The molecule has 0 aliphatic carbocycles. The predicted molar refractivity (Wildman–Crippen MR) is 105 cm³/mol. The fourth-order valence-electron chi connectivity index (χ4n) is 3.74. The quantitative estimate of drug-likeness (QED) is 0.376. The number of nitrogens with zero attached hydrogens (tertiary/aromatic N) is 2. The number of halogens is 5. The molecule has 3 amide bonds. The van der Waals surface area contributed by atoms with Crippen LogP contribution < -0.4 is 10.1 Å². The van der Waals surface area contributed by atoms with Crippen molar-refractivity contribution < 1.29 is 41.1 Å². The maximum absolute atomic E-state index is 13.0. The number of hydrogen-bond acceptors (Lipinski definition) is 4. The largest absolute Gasteiger partial charge is 0.435 e. The van der Waals surface area contributed by atoms with Crippen molar-refractivity contribution in [1.29, 1.82) is 0 Å². The van der Waals surface area contributed by atoms with E-state index in [0.717, 1.165) is 4.57 Å². The van der Waals surface area contributed by atoms with Gasteiger partial charge in [0, 0.05) is 17.0 Å². The van der Waals surface area contributed by atoms with Gasteiger partial charge in [0.2, 0.25) is 0 Å². The van der Waals surface area contributed by atoms with Crippen molar-refractivity contribution in [1.82, 2.24) is 14.8 Å². The van der Waals surface area contributed by atoms with Gasteiger partial charge in [-0.1, -0.05) is 12.1 Å². The maximum atomic E-state index is 13.0. The number of benzene rings is 1. The number of rotatable bonds is 7. The molecule has 0 saturated carbocycles. The summed E-state index contributed by atoms with van der Waals surface area (Å²) in [4.78, 5) is 38.9. The minimum atomic E-state index is -4.49. The molecule has 12 heteroatoms. The third-order valence-electron chi connectivity index (χ3n) is 5.44. The Bertz CT molecular complexity index is 1090. The molecule has 1 saturated heterocycles. The summed E-state index contributed by atoms with van der Waals surface area (Å²) >= 11 is 0. The van der Waals surface area contributed by atoms with E-state index >= 15 is 0 Å². The molecule has 0 spiro atoms. The van der Waals surface area contributed by atoms with E-state index in [0.29, 0.717) is 4.90 Å². The second-order valence-electron chi connectivity index (χ2n) is 7.76. The molecule has 2 heterocycles. The molecule has 1 aliphatic rings. The summed E-state index contributed by atoms with van der Waals surface area (Å²) in [6.07, 6.45) is -4.49. The molecule has 1 aliphatic heterocycles. The van der Waals surface area contributed by atoms with E-state index < -0.39 is 49.1 Å². The lowest BCUT2D eigenvalue weighted by atomic mass is 9.92. The van der Waals surface area contributed by atoms with Crippen molar-refractivity contribution in [2.75, 3.05) is 6.54 Å². The average molecular weight is 473 g/mol. The van der Waals surface area contributed by atoms with E-state index in [1.54, 1.807) is 0 Å². The minimum Gasteiger partial charge on any atom is -0.435 e. The number of urea groups is 1. The summed E-state index contributed by atoms with van der Waals surface area (Å²) in [5.74, 6) is -1.62. The van der Waals surface area contributed by atoms with Crippen LogP contribution in [0.25, 0.3) is 0 Å². The zero-order valence-corrected chi connectivity index (χ0v) is 17.8. The van der Waals surface area contributed by atoms with Crippen LogP contribution in [-0.4, -0.2) is 46.5 Å². The van der Waals surface area contributed by atoms with E-state index in [4.69, 9.17) is 0 Å². The maximum Gasteiger partial charge on any atom is 0.406 e. The van der Waals surface area contributed by atoms with Crippen molar-refractivity contribution in [2.24, 2.45) is 0 Å². The highest BCUT2D eigenvalue weighted by Gasteiger charge is 2.49. The lowest BCUT2D eigenvalue weighted by molar-refractivity contribution is -0.141. The van der Waals surface area contributed by atoms with Gasteiger partial charge in [-0.05, 0) is 44.5 Å². The number of hydrogen-bond donors (Lipinski definition) is 1. The molecular formula is C21H20F5N3O4. The Hall–Kier alpha value is -3.44. The Morgan fingerprint density at radius 1 is 1.15 bits per heavy atom. The van der Waals surface area contributed by atoms with Crippen molar-refractivity contribution >= 4 is 17.7 Å². The van der Waals surface area contributed by atoms with Gasteiger partial charge in [-0.3, -0.25) is 14.5 Å². The number of imide groups is 1. The third-order valence-corrected chi connectivity index (χ3v) is 5.44. The van der Waals surface area contributed by atoms with Gasteiger partial charge >= 0.3 is 18.8 Å². The lowest BCUT2D eigenvalue weighted by Gasteiger charge is -2.22.